The smallest absolute Gasteiger partial charge is 0.252 e. The molecule has 0 bridgehead atoms. The van der Waals surface area contributed by atoms with Crippen LogP contribution in [0.2, 0.25) is 0 Å². The Labute approximate surface area is 163 Å². The summed E-state index contributed by atoms with van der Waals surface area (Å²) >= 11 is 0. The standard InChI is InChI=1S/C19H21N5O3S/c1-14-3-4-15(2)17(11-14)28(26,27)23-8-7-21-19(25)16-5-6-18(22-12-16)24-10-9-20-13-24/h3-6,9-13,23H,7-8H2,1-2H3,(H,21,25). The molecule has 0 atom stereocenters. The second-order valence-corrected chi connectivity index (χ2v) is 8.03. The minimum absolute atomic E-state index is 0.0853. The van der Waals surface area contributed by atoms with Gasteiger partial charge >= 0.3 is 0 Å². The quantitative estimate of drug-likeness (QED) is 0.587. The number of pyridine rings is 1. The molecular weight excluding hydrogens is 378 g/mol. The first kappa shape index (κ1) is 19.7. The predicted octanol–water partition coefficient (Wildman–Crippen LogP) is 1.59. The van der Waals surface area contributed by atoms with Crippen LogP contribution < -0.4 is 10.0 Å². The molecule has 0 aliphatic heterocycles. The molecule has 28 heavy (non-hydrogen) atoms. The van der Waals surface area contributed by atoms with Crippen LogP contribution in [0.1, 0.15) is 21.5 Å². The Morgan fingerprint density at radius 2 is 1.96 bits per heavy atom. The van der Waals surface area contributed by atoms with Gasteiger partial charge in [-0.3, -0.25) is 9.36 Å². The Morgan fingerprint density at radius 1 is 1.14 bits per heavy atom. The molecule has 0 unspecified atom stereocenters. The average Bonchev–Trinajstić information content (AvgIpc) is 3.22. The normalized spacial score (nSPS) is 11.4. The maximum Gasteiger partial charge on any atom is 0.252 e. The second-order valence-electron chi connectivity index (χ2n) is 6.30. The highest BCUT2D eigenvalue weighted by atomic mass is 32.2. The van der Waals surface area contributed by atoms with Crippen LogP contribution in [0.5, 0.6) is 0 Å². The van der Waals surface area contributed by atoms with Crippen molar-refractivity contribution in [2.24, 2.45) is 0 Å². The molecule has 0 fully saturated rings. The number of carbonyl (C=O) groups excluding carboxylic acids is 1. The highest BCUT2D eigenvalue weighted by molar-refractivity contribution is 7.89. The van der Waals surface area contributed by atoms with Crippen LogP contribution >= 0.6 is 0 Å². The van der Waals surface area contributed by atoms with Gasteiger partial charge in [-0.2, -0.15) is 0 Å². The van der Waals surface area contributed by atoms with Crippen LogP contribution in [0.15, 0.2) is 60.1 Å². The summed E-state index contributed by atoms with van der Waals surface area (Å²) in [6.45, 7) is 3.83. The molecule has 2 heterocycles. The number of aromatic nitrogens is 3. The maximum atomic E-state index is 12.4. The lowest BCUT2D eigenvalue weighted by Crippen LogP contribution is -2.35. The Hall–Kier alpha value is -3.04. The average molecular weight is 399 g/mol. The van der Waals surface area contributed by atoms with Crippen LogP contribution in [-0.4, -0.2) is 41.9 Å². The van der Waals surface area contributed by atoms with Crippen molar-refractivity contribution in [3.05, 3.63) is 71.9 Å². The van der Waals surface area contributed by atoms with Gasteiger partial charge in [-0.05, 0) is 43.2 Å². The molecule has 0 saturated heterocycles. The zero-order valence-corrected chi connectivity index (χ0v) is 16.4. The summed E-state index contributed by atoms with van der Waals surface area (Å²) < 4.78 is 29.1. The summed E-state index contributed by atoms with van der Waals surface area (Å²) in [6.07, 6.45) is 6.47. The van der Waals surface area contributed by atoms with E-state index in [2.05, 4.69) is 20.0 Å². The Balaban J connectivity index is 1.53. The molecule has 146 valence electrons. The summed E-state index contributed by atoms with van der Waals surface area (Å²) in [5, 5.41) is 2.68. The van der Waals surface area contributed by atoms with Gasteiger partial charge in [-0.25, -0.2) is 23.1 Å². The number of rotatable bonds is 7. The Kier molecular flexibility index (Phi) is 5.86. The van der Waals surface area contributed by atoms with Crippen molar-refractivity contribution in [2.45, 2.75) is 18.7 Å². The van der Waals surface area contributed by atoms with Crippen molar-refractivity contribution in [2.75, 3.05) is 13.1 Å². The summed E-state index contributed by atoms with van der Waals surface area (Å²) in [5.74, 6) is 0.325. The molecule has 1 aromatic carbocycles. The molecule has 0 saturated carbocycles. The highest BCUT2D eigenvalue weighted by Gasteiger charge is 2.16. The van der Waals surface area contributed by atoms with Crippen molar-refractivity contribution < 1.29 is 13.2 Å². The number of imidazole rings is 1. The third kappa shape index (κ3) is 4.62. The van der Waals surface area contributed by atoms with E-state index < -0.39 is 10.0 Å². The summed E-state index contributed by atoms with van der Waals surface area (Å²) in [5.41, 5.74) is 1.93. The van der Waals surface area contributed by atoms with Crippen molar-refractivity contribution in [3.63, 3.8) is 0 Å². The number of sulfonamides is 1. The molecule has 3 aromatic rings. The maximum absolute atomic E-state index is 12.4. The first-order valence-electron chi connectivity index (χ1n) is 8.66. The van der Waals surface area contributed by atoms with Gasteiger partial charge in [0, 0.05) is 31.7 Å². The number of aryl methyl sites for hydroxylation is 2. The summed E-state index contributed by atoms with van der Waals surface area (Å²) in [4.78, 5) is 20.6. The molecule has 0 spiro atoms. The molecule has 1 amide bonds. The van der Waals surface area contributed by atoms with E-state index in [-0.39, 0.29) is 23.9 Å². The predicted molar refractivity (Wildman–Crippen MR) is 105 cm³/mol. The Bertz CT molecular complexity index is 1060. The monoisotopic (exact) mass is 399 g/mol. The van der Waals surface area contributed by atoms with Crippen LogP contribution in [-0.2, 0) is 10.0 Å². The fourth-order valence-corrected chi connectivity index (χ4v) is 3.97. The van der Waals surface area contributed by atoms with Crippen LogP contribution in [0.25, 0.3) is 5.82 Å². The molecule has 0 aliphatic rings. The minimum Gasteiger partial charge on any atom is -0.351 e. The number of hydrogen-bond donors (Lipinski definition) is 2. The largest absolute Gasteiger partial charge is 0.351 e. The fourth-order valence-electron chi connectivity index (χ4n) is 2.61. The molecule has 3 rings (SSSR count). The molecule has 0 aliphatic carbocycles. The third-order valence-electron chi connectivity index (χ3n) is 4.11. The number of nitrogens with zero attached hydrogens (tertiary/aromatic N) is 3. The van der Waals surface area contributed by atoms with Gasteiger partial charge in [0.25, 0.3) is 5.91 Å². The molecule has 0 radical (unpaired) electrons. The Morgan fingerprint density at radius 3 is 2.64 bits per heavy atom. The molecule has 9 heteroatoms. The van der Waals surface area contributed by atoms with E-state index in [1.54, 1.807) is 54.5 Å². The minimum atomic E-state index is -3.63. The van der Waals surface area contributed by atoms with E-state index in [9.17, 15) is 13.2 Å². The van der Waals surface area contributed by atoms with Crippen LogP contribution in [0.4, 0.5) is 0 Å². The van der Waals surface area contributed by atoms with Crippen molar-refractivity contribution in [3.8, 4) is 5.82 Å². The number of carbonyl (C=O) groups is 1. The van der Waals surface area contributed by atoms with Crippen molar-refractivity contribution in [1.29, 1.82) is 0 Å². The summed E-state index contributed by atoms with van der Waals surface area (Å²) in [7, 11) is -3.63. The number of benzene rings is 1. The number of hydrogen-bond acceptors (Lipinski definition) is 5. The molecular formula is C19H21N5O3S. The third-order valence-corrected chi connectivity index (χ3v) is 5.72. The topological polar surface area (TPSA) is 106 Å². The lowest BCUT2D eigenvalue weighted by molar-refractivity contribution is 0.0954. The van der Waals surface area contributed by atoms with Gasteiger partial charge in [-0.15, -0.1) is 0 Å². The number of nitrogens with one attached hydrogen (secondary N) is 2. The lowest BCUT2D eigenvalue weighted by atomic mass is 10.2. The number of amides is 1. The SMILES string of the molecule is Cc1ccc(C)c(S(=O)(=O)NCCNC(=O)c2ccc(-n3ccnc3)nc2)c1. The van der Waals surface area contributed by atoms with Gasteiger partial charge < -0.3 is 5.32 Å². The molecule has 8 nitrogen and oxygen atoms in total. The van der Waals surface area contributed by atoms with E-state index in [1.165, 1.54) is 6.20 Å². The zero-order chi connectivity index (χ0) is 20.1. The highest BCUT2D eigenvalue weighted by Crippen LogP contribution is 2.16. The fraction of sp³-hybridized carbons (Fsp3) is 0.211. The van der Waals surface area contributed by atoms with Crippen LogP contribution in [0.3, 0.4) is 0 Å². The van der Waals surface area contributed by atoms with Gasteiger partial charge in [-0.1, -0.05) is 12.1 Å². The lowest BCUT2D eigenvalue weighted by Gasteiger charge is -2.11. The van der Waals surface area contributed by atoms with Gasteiger partial charge in [0.15, 0.2) is 0 Å². The van der Waals surface area contributed by atoms with Gasteiger partial charge in [0.05, 0.1) is 10.5 Å². The van der Waals surface area contributed by atoms with Gasteiger partial charge in [0.1, 0.15) is 12.1 Å². The first-order valence-corrected chi connectivity index (χ1v) is 10.1. The van der Waals surface area contributed by atoms with Crippen molar-refractivity contribution >= 4 is 15.9 Å². The summed E-state index contributed by atoms with van der Waals surface area (Å²) in [6, 6.07) is 8.62. The van der Waals surface area contributed by atoms with E-state index in [0.29, 0.717) is 16.9 Å². The van der Waals surface area contributed by atoms with E-state index in [1.807, 2.05) is 13.0 Å². The van der Waals surface area contributed by atoms with Crippen molar-refractivity contribution in [1.82, 2.24) is 24.6 Å². The van der Waals surface area contributed by atoms with Crippen LogP contribution in [0, 0.1) is 13.8 Å². The van der Waals surface area contributed by atoms with Gasteiger partial charge in [0.2, 0.25) is 10.0 Å². The first-order chi connectivity index (χ1) is 13.4. The second kappa shape index (κ2) is 8.32. The zero-order valence-electron chi connectivity index (χ0n) is 15.6. The van der Waals surface area contributed by atoms with E-state index in [4.69, 9.17) is 0 Å². The van der Waals surface area contributed by atoms with E-state index >= 15 is 0 Å². The molecule has 2 N–H and O–H groups in total. The molecule has 2 aromatic heterocycles. The van der Waals surface area contributed by atoms with E-state index in [0.717, 1.165) is 5.56 Å².